The average Bonchev–Trinajstić information content (AvgIpc) is 3.59. The number of carbonyl (C=O) groups is 2. The molecule has 5 heterocycles. The highest BCUT2D eigenvalue weighted by Crippen LogP contribution is 2.49. The van der Waals surface area contributed by atoms with Crippen LogP contribution in [0.3, 0.4) is 0 Å². The third-order valence-corrected chi connectivity index (χ3v) is 11.0. The van der Waals surface area contributed by atoms with E-state index in [9.17, 15) is 19.1 Å². The molecular formula is C42H31ClFN5O6S. The van der Waals surface area contributed by atoms with E-state index >= 15 is 0 Å². The molecule has 7 aromatic rings. The monoisotopic (exact) mass is 787 g/mol. The van der Waals surface area contributed by atoms with Crippen LogP contribution in [-0.2, 0) is 29.0 Å². The minimum absolute atomic E-state index is 0.0283. The standard InChI is InChI=1S/C42H31ClFN5O6S/c1-22-28-12-13-30(37(22)43)49-34(50)18-23-7-14-31(54-20-27-15-16-45-39(48-27)29-5-3-4-6-32(29)53-2)25(17-23)19-33(42(51)52)55-40-36-35(28)38(56-41(36)47-21-46-40)24-8-10-26(44)11-9-24/h3-17,21,33H,18-20H2,1-2H3,(H,49,50)(H,51,52)/t33-/m1/s1. The van der Waals surface area contributed by atoms with Crippen molar-refractivity contribution in [3.8, 4) is 50.3 Å². The summed E-state index contributed by atoms with van der Waals surface area (Å²) in [7, 11) is 1.58. The Kier molecular flexibility index (Phi) is 10.0. The fourth-order valence-electron chi connectivity index (χ4n) is 6.63. The third-order valence-electron chi connectivity index (χ3n) is 9.35. The molecule has 56 heavy (non-hydrogen) atoms. The number of fused-ring (bicyclic) bond motifs is 6. The van der Waals surface area contributed by atoms with Crippen LogP contribution in [-0.4, -0.2) is 50.1 Å². The second kappa shape index (κ2) is 15.4. The molecule has 0 radical (unpaired) electrons. The number of carbonyl (C=O) groups excluding carboxylic acids is 1. The predicted molar refractivity (Wildman–Crippen MR) is 211 cm³/mol. The summed E-state index contributed by atoms with van der Waals surface area (Å²) >= 11 is 8.27. The average molecular weight is 788 g/mol. The number of aliphatic carboxylic acids is 1. The van der Waals surface area contributed by atoms with Crippen molar-refractivity contribution in [3.05, 3.63) is 131 Å². The van der Waals surface area contributed by atoms with Gasteiger partial charge in [0.05, 0.1) is 40.9 Å². The van der Waals surface area contributed by atoms with Gasteiger partial charge in [0.25, 0.3) is 0 Å². The lowest BCUT2D eigenvalue weighted by atomic mass is 9.95. The van der Waals surface area contributed by atoms with Crippen LogP contribution in [0, 0.1) is 12.7 Å². The molecule has 1 atom stereocenters. The molecule has 0 fully saturated rings. The molecule has 0 aliphatic carbocycles. The summed E-state index contributed by atoms with van der Waals surface area (Å²) in [5.74, 6) is -0.478. The normalized spacial score (nSPS) is 13.9. The molecule has 0 saturated carbocycles. The molecule has 4 aromatic carbocycles. The summed E-state index contributed by atoms with van der Waals surface area (Å²) in [6, 6.07) is 23.9. The fourth-order valence-corrected chi connectivity index (χ4v) is 8.00. The summed E-state index contributed by atoms with van der Waals surface area (Å²) in [4.78, 5) is 45.8. The summed E-state index contributed by atoms with van der Waals surface area (Å²) in [5, 5.41) is 14.3. The van der Waals surface area contributed by atoms with Gasteiger partial charge in [0.1, 0.15) is 35.1 Å². The topological polar surface area (TPSA) is 146 Å². The van der Waals surface area contributed by atoms with Crippen LogP contribution >= 0.6 is 22.9 Å². The van der Waals surface area contributed by atoms with Crippen LogP contribution in [0.1, 0.15) is 22.4 Å². The number of carboxylic acid groups (broad SMARTS) is 1. The Morgan fingerprint density at radius 2 is 1.84 bits per heavy atom. The highest BCUT2D eigenvalue weighted by Gasteiger charge is 2.29. The zero-order valence-electron chi connectivity index (χ0n) is 29.9. The van der Waals surface area contributed by atoms with Crippen molar-refractivity contribution in [2.75, 3.05) is 12.4 Å². The van der Waals surface area contributed by atoms with Crippen molar-refractivity contribution < 1.29 is 33.3 Å². The number of anilines is 1. The maximum atomic E-state index is 14.1. The molecule has 14 heteroatoms. The van der Waals surface area contributed by atoms with Crippen LogP contribution in [0.2, 0.25) is 5.02 Å². The fraction of sp³-hybridized carbons (Fsp3) is 0.143. The number of hydrogen-bond donors (Lipinski definition) is 2. The number of amides is 1. The Hall–Kier alpha value is -6.44. The van der Waals surface area contributed by atoms with E-state index in [4.69, 9.17) is 25.8 Å². The summed E-state index contributed by atoms with van der Waals surface area (Å²) < 4.78 is 32.2. The number of hydrogen-bond acceptors (Lipinski definition) is 10. The minimum atomic E-state index is -1.45. The molecule has 280 valence electrons. The van der Waals surface area contributed by atoms with E-state index in [0.29, 0.717) is 82.9 Å². The highest BCUT2D eigenvalue weighted by atomic mass is 35.5. The second-order valence-corrected chi connectivity index (χ2v) is 14.3. The van der Waals surface area contributed by atoms with Crippen molar-refractivity contribution in [1.82, 2.24) is 19.9 Å². The number of ether oxygens (including phenoxy) is 3. The Morgan fingerprint density at radius 1 is 1.02 bits per heavy atom. The van der Waals surface area contributed by atoms with Crippen LogP contribution in [0.15, 0.2) is 97.5 Å². The number of nitrogens with zero attached hydrogens (tertiary/aromatic N) is 4. The van der Waals surface area contributed by atoms with E-state index in [-0.39, 0.29) is 31.2 Å². The van der Waals surface area contributed by atoms with E-state index in [1.54, 1.807) is 55.8 Å². The van der Waals surface area contributed by atoms with Gasteiger partial charge in [-0.25, -0.2) is 29.1 Å². The van der Waals surface area contributed by atoms with Crippen molar-refractivity contribution >= 4 is 50.7 Å². The van der Waals surface area contributed by atoms with E-state index in [1.807, 2.05) is 37.3 Å². The van der Waals surface area contributed by atoms with Crippen LogP contribution in [0.4, 0.5) is 10.1 Å². The zero-order chi connectivity index (χ0) is 38.9. The number of methoxy groups -OCH3 is 1. The number of carboxylic acids is 1. The SMILES string of the molecule is COc1ccccc1-c1nccc(COc2ccc3cc2C[C@H](C(=O)O)Oc2ncnc4sc(-c5ccc(F)cc5)c(c24)-c2ccc(c(Cl)c2C)NC(=O)C3)n1. The predicted octanol–water partition coefficient (Wildman–Crippen LogP) is 8.74. The van der Waals surface area contributed by atoms with Crippen molar-refractivity contribution in [3.63, 3.8) is 0 Å². The minimum Gasteiger partial charge on any atom is -0.496 e. The van der Waals surface area contributed by atoms with Gasteiger partial charge in [0.2, 0.25) is 17.9 Å². The van der Waals surface area contributed by atoms with E-state index in [0.717, 1.165) is 4.88 Å². The quantitative estimate of drug-likeness (QED) is 0.161. The third kappa shape index (κ3) is 7.21. The highest BCUT2D eigenvalue weighted by molar-refractivity contribution is 7.22. The van der Waals surface area contributed by atoms with Gasteiger partial charge in [0, 0.05) is 23.1 Å². The molecule has 0 saturated heterocycles. The lowest BCUT2D eigenvalue weighted by Gasteiger charge is -2.20. The Labute approximate surface area is 328 Å². The number of nitrogens with one attached hydrogen (secondary N) is 1. The first-order chi connectivity index (χ1) is 27.2. The molecule has 4 bridgehead atoms. The van der Waals surface area contributed by atoms with Crippen LogP contribution < -0.4 is 19.5 Å². The van der Waals surface area contributed by atoms with Gasteiger partial charge in [-0.1, -0.05) is 54.1 Å². The van der Waals surface area contributed by atoms with Gasteiger partial charge in [-0.15, -0.1) is 11.3 Å². The molecule has 0 unspecified atom stereocenters. The smallest absolute Gasteiger partial charge is 0.345 e. The molecule has 0 spiro atoms. The molecule has 2 N–H and O–H groups in total. The number of rotatable bonds is 7. The van der Waals surface area contributed by atoms with Gasteiger partial charge >= 0.3 is 5.97 Å². The second-order valence-electron chi connectivity index (χ2n) is 12.9. The van der Waals surface area contributed by atoms with E-state index in [1.165, 1.54) is 29.8 Å². The van der Waals surface area contributed by atoms with Crippen LogP contribution in [0.25, 0.3) is 43.2 Å². The zero-order valence-corrected chi connectivity index (χ0v) is 31.5. The number of aromatic nitrogens is 4. The van der Waals surface area contributed by atoms with Gasteiger partial charge in [0.15, 0.2) is 5.82 Å². The maximum absolute atomic E-state index is 14.1. The number of halogens is 2. The number of thiophene rings is 1. The summed E-state index contributed by atoms with van der Waals surface area (Å²) in [6.07, 6.45) is 1.32. The summed E-state index contributed by atoms with van der Waals surface area (Å²) in [5.41, 5.74) is 5.44. The molecule has 11 nitrogen and oxygen atoms in total. The molecule has 2 aliphatic heterocycles. The maximum Gasteiger partial charge on any atom is 0.345 e. The lowest BCUT2D eigenvalue weighted by molar-refractivity contribution is -0.145. The van der Waals surface area contributed by atoms with Crippen molar-refractivity contribution in [2.45, 2.75) is 32.5 Å². The Bertz CT molecular complexity index is 2650. The largest absolute Gasteiger partial charge is 0.496 e. The first-order valence-corrected chi connectivity index (χ1v) is 18.6. The lowest BCUT2D eigenvalue weighted by Crippen LogP contribution is -2.30. The molecule has 1 amide bonds. The van der Waals surface area contributed by atoms with Crippen molar-refractivity contribution in [1.29, 1.82) is 0 Å². The molecule has 3 aromatic heterocycles. The van der Waals surface area contributed by atoms with Gasteiger partial charge in [-0.05, 0) is 77.2 Å². The summed E-state index contributed by atoms with van der Waals surface area (Å²) in [6.45, 7) is 1.85. The van der Waals surface area contributed by atoms with Gasteiger partial charge in [-0.2, -0.15) is 0 Å². The number of para-hydroxylation sites is 1. The molecule has 9 rings (SSSR count). The molecular weight excluding hydrogens is 757 g/mol. The first kappa shape index (κ1) is 36.5. The first-order valence-electron chi connectivity index (χ1n) is 17.4. The Balaban J connectivity index is 1.22. The van der Waals surface area contributed by atoms with Crippen molar-refractivity contribution in [2.24, 2.45) is 0 Å². The van der Waals surface area contributed by atoms with Gasteiger partial charge in [-0.3, -0.25) is 4.79 Å². The van der Waals surface area contributed by atoms with Crippen LogP contribution in [0.5, 0.6) is 17.4 Å². The van der Waals surface area contributed by atoms with E-state index < -0.39 is 17.9 Å². The number of benzene rings is 4. The Morgan fingerprint density at radius 3 is 2.64 bits per heavy atom. The molecule has 2 aliphatic rings. The van der Waals surface area contributed by atoms with Gasteiger partial charge < -0.3 is 24.6 Å². The van der Waals surface area contributed by atoms with E-state index in [2.05, 4.69) is 25.3 Å².